The highest BCUT2D eigenvalue weighted by atomic mass is 32.1. The molecule has 4 aromatic heterocycles. The van der Waals surface area contributed by atoms with Gasteiger partial charge in [-0.2, -0.15) is 5.10 Å². The molecule has 0 spiro atoms. The highest BCUT2D eigenvalue weighted by Gasteiger charge is 2.17. The summed E-state index contributed by atoms with van der Waals surface area (Å²) in [5.74, 6) is -0.0778. The molecule has 7 nitrogen and oxygen atoms in total. The van der Waals surface area contributed by atoms with Gasteiger partial charge in [0, 0.05) is 24.4 Å². The van der Waals surface area contributed by atoms with Gasteiger partial charge in [0.25, 0.3) is 5.91 Å². The summed E-state index contributed by atoms with van der Waals surface area (Å²) < 4.78 is 6.87. The molecule has 4 heterocycles. The Balaban J connectivity index is 1.54. The topological polar surface area (TPSA) is 85.8 Å². The first-order chi connectivity index (χ1) is 13.2. The van der Waals surface area contributed by atoms with E-state index in [9.17, 15) is 4.79 Å². The smallest absolute Gasteiger partial charge is 0.289 e. The minimum Gasteiger partial charge on any atom is -0.351 e. The van der Waals surface area contributed by atoms with E-state index < -0.39 is 0 Å². The van der Waals surface area contributed by atoms with Crippen molar-refractivity contribution in [1.82, 2.24) is 25.2 Å². The summed E-state index contributed by atoms with van der Waals surface area (Å²) in [4.78, 5) is 17.7. The van der Waals surface area contributed by atoms with Crippen molar-refractivity contribution < 1.29 is 9.32 Å². The van der Waals surface area contributed by atoms with E-state index in [4.69, 9.17) is 4.52 Å². The number of pyridine rings is 1. The second-order valence-corrected chi connectivity index (χ2v) is 6.86. The lowest BCUT2D eigenvalue weighted by molar-refractivity contribution is 0.0915. The molecule has 0 bridgehead atoms. The molecule has 4 rings (SSSR count). The molecule has 0 aromatic carbocycles. The fourth-order valence-electron chi connectivity index (χ4n) is 2.77. The monoisotopic (exact) mass is 379 g/mol. The van der Waals surface area contributed by atoms with E-state index in [0.717, 1.165) is 21.8 Å². The minimum absolute atomic E-state index is 0.209. The zero-order valence-electron chi connectivity index (χ0n) is 14.6. The molecule has 0 saturated carbocycles. The van der Waals surface area contributed by atoms with Gasteiger partial charge in [0.2, 0.25) is 5.76 Å². The standard InChI is InChI=1S/C19H17N5O2S/c1-13-11-16(26-23-13)19(25)21-8-9-24-18(17-6-4-10-27-17)14(12-22-24)15-5-2-3-7-20-15/h2-7,10-12H,8-9H2,1H3,(H,21,25). The number of nitrogens with one attached hydrogen (secondary N) is 1. The van der Waals surface area contributed by atoms with Gasteiger partial charge in [-0.05, 0) is 30.5 Å². The molecule has 0 aliphatic carbocycles. The Morgan fingerprint density at radius 1 is 1.30 bits per heavy atom. The van der Waals surface area contributed by atoms with Crippen LogP contribution in [0.15, 0.2) is 58.7 Å². The number of hydrogen-bond acceptors (Lipinski definition) is 6. The zero-order valence-corrected chi connectivity index (χ0v) is 15.4. The Hall–Kier alpha value is -3.26. The van der Waals surface area contributed by atoms with Crippen molar-refractivity contribution in [2.75, 3.05) is 6.54 Å². The molecule has 0 unspecified atom stereocenters. The molecule has 27 heavy (non-hydrogen) atoms. The first kappa shape index (κ1) is 17.2. The molecular weight excluding hydrogens is 362 g/mol. The van der Waals surface area contributed by atoms with Crippen molar-refractivity contribution in [2.24, 2.45) is 0 Å². The normalized spacial score (nSPS) is 10.9. The van der Waals surface area contributed by atoms with Crippen LogP contribution in [0.1, 0.15) is 16.2 Å². The van der Waals surface area contributed by atoms with Crippen LogP contribution < -0.4 is 5.32 Å². The summed E-state index contributed by atoms with van der Waals surface area (Å²) in [6.07, 6.45) is 3.59. The highest BCUT2D eigenvalue weighted by molar-refractivity contribution is 7.13. The van der Waals surface area contributed by atoms with Crippen molar-refractivity contribution in [3.8, 4) is 21.8 Å². The number of thiophene rings is 1. The van der Waals surface area contributed by atoms with Crippen LogP contribution in [-0.4, -0.2) is 32.4 Å². The van der Waals surface area contributed by atoms with Crippen LogP contribution >= 0.6 is 11.3 Å². The fraction of sp³-hybridized carbons (Fsp3) is 0.158. The summed E-state index contributed by atoms with van der Waals surface area (Å²) in [7, 11) is 0. The molecular formula is C19H17N5O2S. The van der Waals surface area contributed by atoms with Crippen LogP contribution in [0.25, 0.3) is 21.8 Å². The lowest BCUT2D eigenvalue weighted by atomic mass is 10.1. The molecule has 1 amide bonds. The van der Waals surface area contributed by atoms with Gasteiger partial charge in [0.15, 0.2) is 0 Å². The van der Waals surface area contributed by atoms with E-state index in [2.05, 4.69) is 26.6 Å². The van der Waals surface area contributed by atoms with Crippen molar-refractivity contribution in [1.29, 1.82) is 0 Å². The van der Waals surface area contributed by atoms with Gasteiger partial charge >= 0.3 is 0 Å². The number of hydrogen-bond donors (Lipinski definition) is 1. The van der Waals surface area contributed by atoms with E-state index in [0.29, 0.717) is 18.8 Å². The number of aromatic nitrogens is 4. The van der Waals surface area contributed by atoms with Gasteiger partial charge in [0.1, 0.15) is 0 Å². The minimum atomic E-state index is -0.287. The first-order valence-electron chi connectivity index (χ1n) is 8.45. The first-order valence-corrected chi connectivity index (χ1v) is 9.33. The maximum atomic E-state index is 12.1. The van der Waals surface area contributed by atoms with Gasteiger partial charge in [0.05, 0.1) is 34.7 Å². The summed E-state index contributed by atoms with van der Waals surface area (Å²) in [6.45, 7) is 2.72. The number of rotatable bonds is 6. The maximum absolute atomic E-state index is 12.1. The van der Waals surface area contributed by atoms with E-state index in [1.807, 2.05) is 40.5 Å². The average molecular weight is 379 g/mol. The number of nitrogens with zero attached hydrogens (tertiary/aromatic N) is 4. The molecule has 0 aliphatic rings. The number of amides is 1. The van der Waals surface area contributed by atoms with Gasteiger partial charge in [-0.25, -0.2) is 0 Å². The molecule has 0 atom stereocenters. The third kappa shape index (κ3) is 3.65. The lowest BCUT2D eigenvalue weighted by Gasteiger charge is -2.09. The predicted molar refractivity (Wildman–Crippen MR) is 102 cm³/mol. The molecule has 0 fully saturated rings. The van der Waals surface area contributed by atoms with Gasteiger partial charge < -0.3 is 9.84 Å². The van der Waals surface area contributed by atoms with Gasteiger partial charge in [-0.15, -0.1) is 11.3 Å². The predicted octanol–water partition coefficient (Wildman–Crippen LogP) is 3.40. The van der Waals surface area contributed by atoms with E-state index in [-0.39, 0.29) is 11.7 Å². The van der Waals surface area contributed by atoms with Crippen molar-refractivity contribution >= 4 is 17.2 Å². The Morgan fingerprint density at radius 3 is 2.93 bits per heavy atom. The van der Waals surface area contributed by atoms with Gasteiger partial charge in [-0.1, -0.05) is 17.3 Å². The van der Waals surface area contributed by atoms with Crippen LogP contribution in [0.5, 0.6) is 0 Å². The van der Waals surface area contributed by atoms with Crippen LogP contribution in [0.4, 0.5) is 0 Å². The number of carbonyl (C=O) groups excluding carboxylic acids is 1. The lowest BCUT2D eigenvalue weighted by Crippen LogP contribution is -2.27. The fourth-order valence-corrected chi connectivity index (χ4v) is 3.56. The van der Waals surface area contributed by atoms with Crippen LogP contribution in [0, 0.1) is 6.92 Å². The largest absolute Gasteiger partial charge is 0.351 e. The van der Waals surface area contributed by atoms with Crippen molar-refractivity contribution in [3.05, 3.63) is 65.6 Å². The SMILES string of the molecule is Cc1cc(C(=O)NCCn2ncc(-c3ccccn3)c2-c2cccs2)on1. The number of aryl methyl sites for hydroxylation is 1. The molecule has 4 aromatic rings. The molecule has 0 saturated heterocycles. The van der Waals surface area contributed by atoms with Crippen LogP contribution in [0.3, 0.4) is 0 Å². The highest BCUT2D eigenvalue weighted by Crippen LogP contribution is 2.33. The Kier molecular flexibility index (Phi) is 4.80. The zero-order chi connectivity index (χ0) is 18.6. The van der Waals surface area contributed by atoms with Crippen LogP contribution in [0.2, 0.25) is 0 Å². The van der Waals surface area contributed by atoms with E-state index in [1.165, 1.54) is 0 Å². The van der Waals surface area contributed by atoms with E-state index in [1.54, 1.807) is 30.5 Å². The quantitative estimate of drug-likeness (QED) is 0.555. The third-order valence-corrected chi connectivity index (χ3v) is 4.87. The molecule has 1 N–H and O–H groups in total. The Bertz CT molecular complexity index is 1040. The molecule has 136 valence electrons. The molecule has 8 heteroatoms. The second-order valence-electron chi connectivity index (χ2n) is 5.91. The molecule has 0 radical (unpaired) electrons. The summed E-state index contributed by atoms with van der Waals surface area (Å²) in [5, 5.41) is 13.1. The summed E-state index contributed by atoms with van der Waals surface area (Å²) >= 11 is 1.64. The Morgan fingerprint density at radius 2 is 2.22 bits per heavy atom. The summed E-state index contributed by atoms with van der Waals surface area (Å²) in [6, 6.07) is 11.5. The van der Waals surface area contributed by atoms with Crippen LogP contribution in [-0.2, 0) is 6.54 Å². The van der Waals surface area contributed by atoms with Crippen molar-refractivity contribution in [2.45, 2.75) is 13.5 Å². The summed E-state index contributed by atoms with van der Waals surface area (Å²) in [5.41, 5.74) is 3.50. The van der Waals surface area contributed by atoms with Crippen molar-refractivity contribution in [3.63, 3.8) is 0 Å². The van der Waals surface area contributed by atoms with E-state index >= 15 is 0 Å². The average Bonchev–Trinajstić information content (AvgIpc) is 3.42. The molecule has 0 aliphatic heterocycles. The maximum Gasteiger partial charge on any atom is 0.289 e. The third-order valence-electron chi connectivity index (χ3n) is 4.00. The second kappa shape index (κ2) is 7.55. The number of carbonyl (C=O) groups is 1. The van der Waals surface area contributed by atoms with Gasteiger partial charge in [-0.3, -0.25) is 14.5 Å². The Labute approximate surface area is 159 Å².